The highest BCUT2D eigenvalue weighted by Gasteiger charge is 2.33. The third-order valence-electron chi connectivity index (χ3n) is 3.20. The van der Waals surface area contributed by atoms with Crippen molar-refractivity contribution in [2.75, 3.05) is 0 Å². The summed E-state index contributed by atoms with van der Waals surface area (Å²) < 4.78 is 67.0. The molecule has 0 N–H and O–H groups in total. The first-order valence-electron chi connectivity index (χ1n) is 6.66. The van der Waals surface area contributed by atoms with E-state index in [1.165, 1.54) is 37.3 Å². The monoisotopic (exact) mass is 341 g/mol. The molecule has 0 aliphatic rings. The molecule has 0 radical (unpaired) electrons. The maximum Gasteiger partial charge on any atom is 0.417 e. The lowest BCUT2D eigenvalue weighted by Gasteiger charge is -2.12. The molecule has 0 fully saturated rings. The first kappa shape index (κ1) is 17.2. The maximum atomic E-state index is 13.0. The van der Waals surface area contributed by atoms with E-state index in [0.29, 0.717) is 0 Å². The van der Waals surface area contributed by atoms with Crippen LogP contribution in [0.1, 0.15) is 23.6 Å². The quantitative estimate of drug-likeness (QED) is 0.785. The fraction of sp³-hybridized carbons (Fsp3) is 0.188. The molecule has 2 aromatic rings. The summed E-state index contributed by atoms with van der Waals surface area (Å²) in [6.45, 7) is 3.04. The van der Waals surface area contributed by atoms with Gasteiger partial charge >= 0.3 is 6.18 Å². The van der Waals surface area contributed by atoms with Crippen LogP contribution in [0.5, 0.6) is 0 Å². The average molecular weight is 341 g/mol. The lowest BCUT2D eigenvalue weighted by atomic mass is 10.0. The van der Waals surface area contributed by atoms with Crippen molar-refractivity contribution < 1.29 is 21.6 Å². The zero-order valence-electron chi connectivity index (χ0n) is 12.4. The molecule has 0 spiro atoms. The predicted molar refractivity (Wildman–Crippen MR) is 82.0 cm³/mol. The molecule has 122 valence electrons. The Labute approximate surface area is 132 Å². The molecule has 0 amide bonds. The van der Waals surface area contributed by atoms with Crippen LogP contribution in [0.2, 0.25) is 0 Å². The SMILES string of the molecule is C/C(=N\S(=O)(=O)c1ccc(C)cc1)c1ccccc1C(F)(F)F. The van der Waals surface area contributed by atoms with Crippen LogP contribution in [0.25, 0.3) is 0 Å². The van der Waals surface area contributed by atoms with E-state index in [4.69, 9.17) is 0 Å². The van der Waals surface area contributed by atoms with E-state index < -0.39 is 21.8 Å². The van der Waals surface area contributed by atoms with Crippen molar-refractivity contribution in [1.82, 2.24) is 0 Å². The minimum atomic E-state index is -4.58. The Morgan fingerprint density at radius 3 is 2.13 bits per heavy atom. The number of hydrogen-bond acceptors (Lipinski definition) is 2. The highest BCUT2D eigenvalue weighted by molar-refractivity contribution is 7.90. The van der Waals surface area contributed by atoms with E-state index in [2.05, 4.69) is 4.40 Å². The first-order valence-corrected chi connectivity index (χ1v) is 8.10. The minimum Gasteiger partial charge on any atom is -0.199 e. The van der Waals surface area contributed by atoms with Crippen LogP contribution in [0.4, 0.5) is 13.2 Å². The van der Waals surface area contributed by atoms with Crippen LogP contribution < -0.4 is 0 Å². The van der Waals surface area contributed by atoms with Crippen molar-refractivity contribution >= 4 is 15.7 Å². The second kappa shape index (κ2) is 6.16. The molecule has 0 saturated carbocycles. The molecule has 0 bridgehead atoms. The Morgan fingerprint density at radius 1 is 1.00 bits per heavy atom. The van der Waals surface area contributed by atoms with Gasteiger partial charge in [-0.3, -0.25) is 0 Å². The van der Waals surface area contributed by atoms with Crippen LogP contribution in [0.3, 0.4) is 0 Å². The van der Waals surface area contributed by atoms with Crippen LogP contribution >= 0.6 is 0 Å². The number of nitrogens with zero attached hydrogens (tertiary/aromatic N) is 1. The Kier molecular flexibility index (Phi) is 4.61. The van der Waals surface area contributed by atoms with Gasteiger partial charge in [-0.1, -0.05) is 35.9 Å². The largest absolute Gasteiger partial charge is 0.417 e. The van der Waals surface area contributed by atoms with E-state index in [-0.39, 0.29) is 16.2 Å². The van der Waals surface area contributed by atoms with Crippen molar-refractivity contribution in [1.29, 1.82) is 0 Å². The molecule has 0 unspecified atom stereocenters. The summed E-state index contributed by atoms with van der Waals surface area (Å²) in [7, 11) is -4.07. The lowest BCUT2D eigenvalue weighted by Crippen LogP contribution is -2.13. The summed E-state index contributed by atoms with van der Waals surface area (Å²) in [4.78, 5) is -0.0630. The minimum absolute atomic E-state index is 0.0630. The molecule has 0 aromatic heterocycles. The van der Waals surface area contributed by atoms with Crippen molar-refractivity contribution in [3.05, 3.63) is 65.2 Å². The molecule has 0 heterocycles. The number of benzene rings is 2. The van der Waals surface area contributed by atoms with Gasteiger partial charge in [-0.15, -0.1) is 0 Å². The Morgan fingerprint density at radius 2 is 1.57 bits per heavy atom. The van der Waals surface area contributed by atoms with Gasteiger partial charge in [-0.05, 0) is 32.0 Å². The Bertz CT molecular complexity index is 838. The van der Waals surface area contributed by atoms with E-state index >= 15 is 0 Å². The third-order valence-corrected chi connectivity index (χ3v) is 4.58. The van der Waals surface area contributed by atoms with Crippen LogP contribution in [-0.2, 0) is 16.2 Å². The maximum absolute atomic E-state index is 13.0. The van der Waals surface area contributed by atoms with Gasteiger partial charge in [-0.2, -0.15) is 26.0 Å². The Balaban J connectivity index is 2.50. The summed E-state index contributed by atoms with van der Waals surface area (Å²) in [6, 6.07) is 10.7. The summed E-state index contributed by atoms with van der Waals surface area (Å²) in [5, 5.41) is 0. The molecule has 0 saturated heterocycles. The van der Waals surface area contributed by atoms with Gasteiger partial charge in [0.05, 0.1) is 16.2 Å². The molecule has 2 rings (SSSR count). The van der Waals surface area contributed by atoms with Crippen LogP contribution in [0, 0.1) is 6.92 Å². The Hall–Kier alpha value is -2.15. The van der Waals surface area contributed by atoms with Gasteiger partial charge in [0.15, 0.2) is 0 Å². The van der Waals surface area contributed by atoms with E-state index in [1.807, 2.05) is 0 Å². The summed E-state index contributed by atoms with van der Waals surface area (Å²) >= 11 is 0. The first-order chi connectivity index (χ1) is 10.6. The highest BCUT2D eigenvalue weighted by atomic mass is 32.2. The zero-order valence-corrected chi connectivity index (χ0v) is 13.2. The molecule has 3 nitrogen and oxygen atoms in total. The van der Waals surface area contributed by atoms with Crippen molar-refractivity contribution in [3.63, 3.8) is 0 Å². The standard InChI is InChI=1S/C16H14F3NO2S/c1-11-7-9-13(10-8-11)23(21,22)20-12(2)14-5-3-4-6-15(14)16(17,18)19/h3-10H,1-2H3/b20-12+. The zero-order chi connectivity index (χ0) is 17.3. The van der Waals surface area contributed by atoms with Crippen molar-refractivity contribution in [3.8, 4) is 0 Å². The normalized spacial score (nSPS) is 13.2. The molecule has 0 aliphatic heterocycles. The summed E-state index contributed by atoms with van der Waals surface area (Å²) in [5.74, 6) is 0. The highest BCUT2D eigenvalue weighted by Crippen LogP contribution is 2.32. The summed E-state index contributed by atoms with van der Waals surface area (Å²) in [6.07, 6.45) is -4.58. The molecular weight excluding hydrogens is 327 g/mol. The number of aryl methyl sites for hydroxylation is 1. The molecule has 0 aliphatic carbocycles. The molecule has 0 atom stereocenters. The number of halogens is 3. The van der Waals surface area contributed by atoms with Crippen molar-refractivity contribution in [2.45, 2.75) is 24.9 Å². The van der Waals surface area contributed by atoms with Gasteiger partial charge in [0.2, 0.25) is 0 Å². The third kappa shape index (κ3) is 3.98. The van der Waals surface area contributed by atoms with Gasteiger partial charge in [0.1, 0.15) is 0 Å². The predicted octanol–water partition coefficient (Wildman–Crippen LogP) is 4.21. The number of hydrogen-bond donors (Lipinski definition) is 0. The molecule has 7 heteroatoms. The van der Waals surface area contributed by atoms with E-state index in [0.717, 1.165) is 11.6 Å². The fourth-order valence-electron chi connectivity index (χ4n) is 2.04. The lowest BCUT2D eigenvalue weighted by molar-refractivity contribution is -0.137. The van der Waals surface area contributed by atoms with Crippen LogP contribution in [0.15, 0.2) is 57.8 Å². The van der Waals surface area contributed by atoms with Crippen molar-refractivity contribution in [2.24, 2.45) is 4.40 Å². The van der Waals surface area contributed by atoms with Gasteiger partial charge in [-0.25, -0.2) is 0 Å². The van der Waals surface area contributed by atoms with E-state index in [9.17, 15) is 21.6 Å². The van der Waals surface area contributed by atoms with Crippen LogP contribution in [-0.4, -0.2) is 14.1 Å². The second-order valence-corrected chi connectivity index (χ2v) is 6.61. The second-order valence-electron chi connectivity index (χ2n) is 5.01. The number of rotatable bonds is 3. The molecular formula is C16H14F3NO2S. The summed E-state index contributed by atoms with van der Waals surface area (Å²) in [5.41, 5.74) is -0.512. The molecule has 23 heavy (non-hydrogen) atoms. The molecule has 2 aromatic carbocycles. The fourth-order valence-corrected chi connectivity index (χ4v) is 3.08. The van der Waals surface area contributed by atoms with Gasteiger partial charge in [0, 0.05) is 5.56 Å². The van der Waals surface area contributed by atoms with Gasteiger partial charge < -0.3 is 0 Å². The number of alkyl halides is 3. The smallest absolute Gasteiger partial charge is 0.199 e. The topological polar surface area (TPSA) is 46.5 Å². The van der Waals surface area contributed by atoms with E-state index in [1.54, 1.807) is 19.1 Å². The average Bonchev–Trinajstić information content (AvgIpc) is 2.46. The van der Waals surface area contributed by atoms with Gasteiger partial charge in [0.25, 0.3) is 10.0 Å². The number of sulfonamides is 1.